The quantitative estimate of drug-likeness (QED) is 0.548. The predicted molar refractivity (Wildman–Crippen MR) is 36.4 cm³/mol. The third-order valence-corrected chi connectivity index (χ3v) is 1.38. The van der Waals surface area contributed by atoms with Gasteiger partial charge in [-0.15, -0.1) is 0 Å². The van der Waals surface area contributed by atoms with Crippen molar-refractivity contribution in [2.45, 2.75) is 12.5 Å². The number of hydrogen-bond acceptors (Lipinski definition) is 3. The van der Waals surface area contributed by atoms with E-state index in [9.17, 15) is 0 Å². The van der Waals surface area contributed by atoms with E-state index >= 15 is 0 Å². The molecule has 1 unspecified atom stereocenters. The molecule has 0 aromatic heterocycles. The van der Waals surface area contributed by atoms with Gasteiger partial charge in [0.2, 0.25) is 0 Å². The lowest BCUT2D eigenvalue weighted by Gasteiger charge is -2.24. The molecule has 0 radical (unpaired) electrons. The molecule has 0 rings (SSSR count). The molecule has 0 aliphatic heterocycles. The van der Waals surface area contributed by atoms with Crippen LogP contribution in [0.4, 0.5) is 0 Å². The van der Waals surface area contributed by atoms with Crippen molar-refractivity contribution >= 4 is 0 Å². The van der Waals surface area contributed by atoms with Crippen LogP contribution in [-0.2, 0) is 4.74 Å². The second-order valence-electron chi connectivity index (χ2n) is 2.34. The van der Waals surface area contributed by atoms with E-state index in [2.05, 4.69) is 5.32 Å². The highest BCUT2D eigenvalue weighted by atomic mass is 16.5. The maximum atomic E-state index is 8.75. The Bertz CT molecular complexity index is 71.5. The van der Waals surface area contributed by atoms with Gasteiger partial charge in [0.25, 0.3) is 0 Å². The second-order valence-corrected chi connectivity index (χ2v) is 2.34. The van der Waals surface area contributed by atoms with E-state index in [1.807, 2.05) is 14.0 Å². The fourth-order valence-corrected chi connectivity index (χ4v) is 0.567. The van der Waals surface area contributed by atoms with Crippen LogP contribution in [0.15, 0.2) is 0 Å². The molecule has 2 N–H and O–H groups in total. The SMILES string of the molecule is CNCC(C)(CO)OC. The van der Waals surface area contributed by atoms with Gasteiger partial charge < -0.3 is 15.2 Å². The van der Waals surface area contributed by atoms with E-state index in [0.29, 0.717) is 6.54 Å². The molecule has 0 fully saturated rings. The molecule has 9 heavy (non-hydrogen) atoms. The van der Waals surface area contributed by atoms with Crippen molar-refractivity contribution in [1.82, 2.24) is 5.32 Å². The molecule has 0 saturated carbocycles. The minimum atomic E-state index is -0.422. The first kappa shape index (κ1) is 8.88. The third kappa shape index (κ3) is 2.79. The summed E-state index contributed by atoms with van der Waals surface area (Å²) >= 11 is 0. The van der Waals surface area contributed by atoms with Gasteiger partial charge in [0, 0.05) is 13.7 Å². The Kier molecular flexibility index (Phi) is 3.77. The third-order valence-electron chi connectivity index (χ3n) is 1.38. The normalized spacial score (nSPS) is 17.3. The van der Waals surface area contributed by atoms with Gasteiger partial charge in [0.15, 0.2) is 0 Å². The summed E-state index contributed by atoms with van der Waals surface area (Å²) in [6, 6.07) is 0. The zero-order chi connectivity index (χ0) is 7.33. The van der Waals surface area contributed by atoms with Gasteiger partial charge in [-0.2, -0.15) is 0 Å². The fourth-order valence-electron chi connectivity index (χ4n) is 0.567. The van der Waals surface area contributed by atoms with E-state index < -0.39 is 5.60 Å². The molecule has 56 valence electrons. The van der Waals surface area contributed by atoms with Crippen LogP contribution in [0.1, 0.15) is 6.92 Å². The van der Waals surface area contributed by atoms with Crippen LogP contribution in [0, 0.1) is 0 Å². The smallest absolute Gasteiger partial charge is 0.100 e. The van der Waals surface area contributed by atoms with Crippen LogP contribution in [0.2, 0.25) is 0 Å². The molecule has 1 atom stereocenters. The Balaban J connectivity index is 3.62. The number of methoxy groups -OCH3 is 1. The summed E-state index contributed by atoms with van der Waals surface area (Å²) < 4.78 is 5.01. The van der Waals surface area contributed by atoms with Gasteiger partial charge in [-0.3, -0.25) is 0 Å². The van der Waals surface area contributed by atoms with Gasteiger partial charge in [0.05, 0.1) is 6.61 Å². The summed E-state index contributed by atoms with van der Waals surface area (Å²) in [5.41, 5.74) is -0.422. The lowest BCUT2D eigenvalue weighted by Crippen LogP contribution is -2.41. The van der Waals surface area contributed by atoms with Crippen molar-refractivity contribution in [2.75, 3.05) is 27.3 Å². The summed E-state index contributed by atoms with van der Waals surface area (Å²) in [6.45, 7) is 2.56. The molecule has 0 aliphatic rings. The first-order valence-corrected chi connectivity index (χ1v) is 2.99. The van der Waals surface area contributed by atoms with Gasteiger partial charge in [-0.1, -0.05) is 0 Å². The lowest BCUT2D eigenvalue weighted by atomic mass is 10.1. The number of aliphatic hydroxyl groups excluding tert-OH is 1. The Morgan fingerprint density at radius 1 is 1.67 bits per heavy atom. The number of aliphatic hydroxyl groups is 1. The van der Waals surface area contributed by atoms with E-state index in [0.717, 1.165) is 0 Å². The standard InChI is InChI=1S/C6H15NO2/c1-6(5-8,9-3)4-7-2/h7-8H,4-5H2,1-3H3. The number of nitrogens with one attached hydrogen (secondary N) is 1. The number of rotatable bonds is 4. The van der Waals surface area contributed by atoms with Crippen molar-refractivity contribution in [1.29, 1.82) is 0 Å². The number of ether oxygens (including phenoxy) is 1. The van der Waals surface area contributed by atoms with Gasteiger partial charge in [-0.05, 0) is 14.0 Å². The minimum absolute atomic E-state index is 0.0460. The summed E-state index contributed by atoms with van der Waals surface area (Å²) in [5.74, 6) is 0. The maximum absolute atomic E-state index is 8.75. The van der Waals surface area contributed by atoms with Crippen LogP contribution in [0.5, 0.6) is 0 Å². The van der Waals surface area contributed by atoms with E-state index in [1.54, 1.807) is 7.11 Å². The van der Waals surface area contributed by atoms with Crippen molar-refractivity contribution < 1.29 is 9.84 Å². The molecule has 0 heterocycles. The monoisotopic (exact) mass is 133 g/mol. The van der Waals surface area contributed by atoms with E-state index in [4.69, 9.17) is 9.84 Å². The fraction of sp³-hybridized carbons (Fsp3) is 1.00. The largest absolute Gasteiger partial charge is 0.393 e. The second kappa shape index (κ2) is 3.82. The van der Waals surface area contributed by atoms with Crippen molar-refractivity contribution in [2.24, 2.45) is 0 Å². The molecule has 3 nitrogen and oxygen atoms in total. The number of hydrogen-bond donors (Lipinski definition) is 2. The van der Waals surface area contributed by atoms with Gasteiger partial charge in [0.1, 0.15) is 5.60 Å². The molecule has 0 aliphatic carbocycles. The van der Waals surface area contributed by atoms with Gasteiger partial charge in [-0.25, -0.2) is 0 Å². The summed E-state index contributed by atoms with van der Waals surface area (Å²) in [4.78, 5) is 0. The maximum Gasteiger partial charge on any atom is 0.100 e. The van der Waals surface area contributed by atoms with Crippen molar-refractivity contribution in [3.05, 3.63) is 0 Å². The van der Waals surface area contributed by atoms with E-state index in [-0.39, 0.29) is 6.61 Å². The first-order chi connectivity index (χ1) is 4.18. The molecular weight excluding hydrogens is 118 g/mol. The Labute approximate surface area is 56.0 Å². The highest BCUT2D eigenvalue weighted by molar-refractivity contribution is 4.74. The summed E-state index contributed by atoms with van der Waals surface area (Å²) in [7, 11) is 3.42. The van der Waals surface area contributed by atoms with Crippen molar-refractivity contribution in [3.8, 4) is 0 Å². The molecule has 0 aromatic rings. The summed E-state index contributed by atoms with van der Waals surface area (Å²) in [6.07, 6.45) is 0. The molecular formula is C6H15NO2. The highest BCUT2D eigenvalue weighted by Crippen LogP contribution is 2.04. The van der Waals surface area contributed by atoms with Crippen LogP contribution in [-0.4, -0.2) is 38.0 Å². The first-order valence-electron chi connectivity index (χ1n) is 2.99. The Morgan fingerprint density at radius 3 is 2.33 bits per heavy atom. The average Bonchev–Trinajstić information content (AvgIpc) is 1.89. The Morgan fingerprint density at radius 2 is 2.22 bits per heavy atom. The molecule has 3 heteroatoms. The molecule has 0 saturated heterocycles. The topological polar surface area (TPSA) is 41.5 Å². The zero-order valence-electron chi connectivity index (χ0n) is 6.27. The van der Waals surface area contributed by atoms with Crippen LogP contribution >= 0.6 is 0 Å². The molecule has 0 amide bonds. The average molecular weight is 133 g/mol. The zero-order valence-corrected chi connectivity index (χ0v) is 6.27. The molecule has 0 bridgehead atoms. The Hall–Kier alpha value is -0.120. The summed E-state index contributed by atoms with van der Waals surface area (Å²) in [5, 5.41) is 11.7. The minimum Gasteiger partial charge on any atom is -0.393 e. The van der Waals surface area contributed by atoms with Gasteiger partial charge >= 0.3 is 0 Å². The lowest BCUT2D eigenvalue weighted by molar-refractivity contribution is -0.0347. The van der Waals surface area contributed by atoms with Crippen LogP contribution < -0.4 is 5.32 Å². The number of likely N-dealkylation sites (N-methyl/N-ethyl adjacent to an activating group) is 1. The highest BCUT2D eigenvalue weighted by Gasteiger charge is 2.20. The van der Waals surface area contributed by atoms with Crippen LogP contribution in [0.3, 0.4) is 0 Å². The molecule has 0 spiro atoms. The predicted octanol–water partition coefficient (Wildman–Crippen LogP) is -0.397. The van der Waals surface area contributed by atoms with Crippen LogP contribution in [0.25, 0.3) is 0 Å². The van der Waals surface area contributed by atoms with E-state index in [1.165, 1.54) is 0 Å². The van der Waals surface area contributed by atoms with Crippen molar-refractivity contribution in [3.63, 3.8) is 0 Å². The molecule has 0 aromatic carbocycles.